The normalized spacial score (nSPS) is 18.9. The van der Waals surface area contributed by atoms with Gasteiger partial charge in [-0.05, 0) is 36.6 Å². The van der Waals surface area contributed by atoms with E-state index in [1.165, 1.54) is 0 Å². The summed E-state index contributed by atoms with van der Waals surface area (Å²) in [6, 6.07) is 5.63. The summed E-state index contributed by atoms with van der Waals surface area (Å²) >= 11 is 5.89. The maximum atomic E-state index is 12.0. The first-order valence-electron chi connectivity index (χ1n) is 6.32. The van der Waals surface area contributed by atoms with Crippen molar-refractivity contribution in [2.24, 2.45) is 5.41 Å². The second-order valence-corrected chi connectivity index (χ2v) is 5.50. The number of carbonyl (C=O) groups excluding carboxylic acids is 1. The summed E-state index contributed by atoms with van der Waals surface area (Å²) in [5.41, 5.74) is 2.00. The molecule has 1 aromatic carbocycles. The minimum absolute atomic E-state index is 0.0129. The Kier molecular flexibility index (Phi) is 2.94. The lowest BCUT2D eigenvalue weighted by molar-refractivity contribution is 0.0946. The summed E-state index contributed by atoms with van der Waals surface area (Å²) in [5, 5.41) is 2.98. The number of ether oxygens (including phenoxy) is 1. The van der Waals surface area contributed by atoms with Crippen molar-refractivity contribution >= 4 is 17.5 Å². The lowest BCUT2D eigenvalue weighted by Gasteiger charge is -2.12. The van der Waals surface area contributed by atoms with Gasteiger partial charge in [0.2, 0.25) is 0 Å². The highest BCUT2D eigenvalue weighted by atomic mass is 35.5. The van der Waals surface area contributed by atoms with Crippen LogP contribution in [0.5, 0.6) is 5.75 Å². The Hall–Kier alpha value is -1.22. The van der Waals surface area contributed by atoms with Crippen molar-refractivity contribution in [2.45, 2.75) is 19.3 Å². The van der Waals surface area contributed by atoms with Gasteiger partial charge in [0.1, 0.15) is 5.75 Å². The van der Waals surface area contributed by atoms with Crippen molar-refractivity contribution in [3.63, 3.8) is 0 Å². The van der Waals surface area contributed by atoms with Crippen molar-refractivity contribution in [1.82, 2.24) is 5.32 Å². The number of benzene rings is 1. The van der Waals surface area contributed by atoms with E-state index < -0.39 is 0 Å². The molecule has 96 valence electrons. The Morgan fingerprint density at radius 1 is 1.44 bits per heavy atom. The van der Waals surface area contributed by atoms with Gasteiger partial charge in [-0.1, -0.05) is 0 Å². The van der Waals surface area contributed by atoms with Crippen molar-refractivity contribution in [3.8, 4) is 5.75 Å². The molecule has 1 fully saturated rings. The average Bonchev–Trinajstić information content (AvgIpc) is 3.04. The number of hydrogen-bond donors (Lipinski definition) is 1. The third-order valence-electron chi connectivity index (χ3n) is 3.82. The first kappa shape index (κ1) is 11.8. The number of rotatable bonds is 4. The maximum absolute atomic E-state index is 12.0. The molecule has 1 saturated carbocycles. The van der Waals surface area contributed by atoms with Gasteiger partial charge in [-0.2, -0.15) is 0 Å². The van der Waals surface area contributed by atoms with E-state index >= 15 is 0 Å². The van der Waals surface area contributed by atoms with E-state index in [4.69, 9.17) is 16.3 Å². The zero-order valence-electron chi connectivity index (χ0n) is 10.2. The number of hydrogen-bond acceptors (Lipinski definition) is 2. The summed E-state index contributed by atoms with van der Waals surface area (Å²) in [6.07, 6.45) is 3.13. The highest BCUT2D eigenvalue weighted by Crippen LogP contribution is 2.45. The van der Waals surface area contributed by atoms with Crippen LogP contribution in [0, 0.1) is 5.41 Å². The van der Waals surface area contributed by atoms with Gasteiger partial charge in [-0.25, -0.2) is 0 Å². The van der Waals surface area contributed by atoms with Gasteiger partial charge in [0.25, 0.3) is 5.91 Å². The molecule has 0 aromatic heterocycles. The molecule has 3 nitrogen and oxygen atoms in total. The molecule has 1 heterocycles. The summed E-state index contributed by atoms with van der Waals surface area (Å²) in [7, 11) is 0. The Balaban J connectivity index is 1.65. The number of fused-ring (bicyclic) bond motifs is 1. The molecule has 1 aliphatic heterocycles. The van der Waals surface area contributed by atoms with Gasteiger partial charge < -0.3 is 10.1 Å². The molecule has 2 aliphatic rings. The molecular formula is C14H16ClNO2. The molecule has 1 amide bonds. The van der Waals surface area contributed by atoms with Gasteiger partial charge in [0, 0.05) is 29.8 Å². The number of alkyl halides is 1. The summed E-state index contributed by atoms with van der Waals surface area (Å²) in [5.74, 6) is 1.53. The van der Waals surface area contributed by atoms with Gasteiger partial charge in [0.05, 0.1) is 6.61 Å². The van der Waals surface area contributed by atoms with E-state index in [-0.39, 0.29) is 11.3 Å². The predicted octanol–water partition coefficient (Wildman–Crippen LogP) is 2.37. The Morgan fingerprint density at radius 2 is 2.28 bits per heavy atom. The Bertz CT molecular complexity index is 483. The zero-order chi connectivity index (χ0) is 12.6. The fraction of sp³-hybridized carbons (Fsp3) is 0.500. The van der Waals surface area contributed by atoms with Crippen LogP contribution in [0.3, 0.4) is 0 Å². The molecular weight excluding hydrogens is 250 g/mol. The molecule has 1 aromatic rings. The predicted molar refractivity (Wildman–Crippen MR) is 70.4 cm³/mol. The van der Waals surface area contributed by atoms with Crippen LogP contribution < -0.4 is 10.1 Å². The quantitative estimate of drug-likeness (QED) is 0.849. The molecule has 0 saturated heterocycles. The van der Waals surface area contributed by atoms with Crippen molar-refractivity contribution in [2.75, 3.05) is 19.0 Å². The number of nitrogens with one attached hydrogen (secondary N) is 1. The van der Waals surface area contributed by atoms with Crippen molar-refractivity contribution < 1.29 is 9.53 Å². The summed E-state index contributed by atoms with van der Waals surface area (Å²) in [6.45, 7) is 1.40. The van der Waals surface area contributed by atoms with Gasteiger partial charge >= 0.3 is 0 Å². The van der Waals surface area contributed by atoms with E-state index in [2.05, 4.69) is 5.32 Å². The van der Waals surface area contributed by atoms with Crippen LogP contribution in [-0.2, 0) is 6.42 Å². The molecule has 0 spiro atoms. The molecule has 18 heavy (non-hydrogen) atoms. The van der Waals surface area contributed by atoms with Crippen LogP contribution in [0.25, 0.3) is 0 Å². The minimum atomic E-state index is -0.0129. The highest BCUT2D eigenvalue weighted by Gasteiger charge is 2.41. The third-order valence-corrected chi connectivity index (χ3v) is 4.38. The molecule has 3 rings (SSSR count). The van der Waals surface area contributed by atoms with E-state index in [1.54, 1.807) is 0 Å². The first-order chi connectivity index (χ1) is 8.72. The summed E-state index contributed by atoms with van der Waals surface area (Å²) < 4.78 is 5.43. The molecule has 1 N–H and O–H groups in total. The summed E-state index contributed by atoms with van der Waals surface area (Å²) in [4.78, 5) is 12.0. The standard InChI is InChI=1S/C14H16ClNO2/c15-8-14(4-5-14)9-16-13(17)11-1-2-12-10(7-11)3-6-18-12/h1-2,7H,3-6,8-9H2,(H,16,17). The van der Waals surface area contributed by atoms with Gasteiger partial charge in [0.15, 0.2) is 0 Å². The molecule has 1 aliphatic carbocycles. The molecule has 4 heteroatoms. The Morgan fingerprint density at radius 3 is 3.00 bits per heavy atom. The van der Waals surface area contributed by atoms with Crippen LogP contribution in [0.2, 0.25) is 0 Å². The van der Waals surface area contributed by atoms with Crippen molar-refractivity contribution in [3.05, 3.63) is 29.3 Å². The van der Waals surface area contributed by atoms with Crippen LogP contribution in [0.1, 0.15) is 28.8 Å². The first-order valence-corrected chi connectivity index (χ1v) is 6.86. The van der Waals surface area contributed by atoms with E-state index in [9.17, 15) is 4.79 Å². The fourth-order valence-corrected chi connectivity index (χ4v) is 2.59. The molecule has 0 unspecified atom stereocenters. The Labute approximate surface area is 111 Å². The third kappa shape index (κ3) is 2.19. The largest absolute Gasteiger partial charge is 0.493 e. The van der Waals surface area contributed by atoms with E-state index in [1.807, 2.05) is 18.2 Å². The lowest BCUT2D eigenvalue weighted by Crippen LogP contribution is -2.31. The number of carbonyl (C=O) groups is 1. The maximum Gasteiger partial charge on any atom is 0.251 e. The molecule has 0 atom stereocenters. The minimum Gasteiger partial charge on any atom is -0.493 e. The van der Waals surface area contributed by atoms with Crippen LogP contribution in [-0.4, -0.2) is 24.9 Å². The number of amides is 1. The molecule has 0 bridgehead atoms. The second-order valence-electron chi connectivity index (χ2n) is 5.24. The highest BCUT2D eigenvalue weighted by molar-refractivity contribution is 6.18. The average molecular weight is 266 g/mol. The topological polar surface area (TPSA) is 38.3 Å². The van der Waals surface area contributed by atoms with Crippen LogP contribution >= 0.6 is 11.6 Å². The smallest absolute Gasteiger partial charge is 0.251 e. The van der Waals surface area contributed by atoms with E-state index in [0.29, 0.717) is 18.0 Å². The lowest BCUT2D eigenvalue weighted by atomic mass is 10.1. The van der Waals surface area contributed by atoms with Crippen molar-refractivity contribution in [1.29, 1.82) is 0 Å². The fourth-order valence-electron chi connectivity index (χ4n) is 2.23. The monoisotopic (exact) mass is 265 g/mol. The van der Waals surface area contributed by atoms with Gasteiger partial charge in [-0.3, -0.25) is 4.79 Å². The zero-order valence-corrected chi connectivity index (χ0v) is 10.9. The van der Waals surface area contributed by atoms with Gasteiger partial charge in [-0.15, -0.1) is 11.6 Å². The molecule has 0 radical (unpaired) electrons. The number of halogens is 1. The van der Waals surface area contributed by atoms with E-state index in [0.717, 1.165) is 37.2 Å². The SMILES string of the molecule is O=C(NCC1(CCl)CC1)c1ccc2c(c1)CCO2. The second kappa shape index (κ2) is 4.47. The van der Waals surface area contributed by atoms with Crippen LogP contribution in [0.4, 0.5) is 0 Å². The van der Waals surface area contributed by atoms with Crippen LogP contribution in [0.15, 0.2) is 18.2 Å².